The number of ether oxygens (including phenoxy) is 1. The molecule has 3 aromatic rings. The van der Waals surface area contributed by atoms with Crippen LogP contribution in [-0.2, 0) is 17.3 Å². The number of carbonyl (C=O) groups excluding carboxylic acids is 3. The molecule has 0 saturated heterocycles. The topological polar surface area (TPSA) is 106 Å². The molecule has 13 heteroatoms. The van der Waals surface area contributed by atoms with E-state index in [0.29, 0.717) is 22.4 Å². The van der Waals surface area contributed by atoms with Gasteiger partial charge in [0.05, 0.1) is 17.8 Å². The number of hydrogen-bond donors (Lipinski definition) is 1. The second kappa shape index (κ2) is 11.3. The number of halogens is 3. The van der Waals surface area contributed by atoms with Gasteiger partial charge >= 0.3 is 12.3 Å². The quantitative estimate of drug-likeness (QED) is 0.390. The van der Waals surface area contributed by atoms with Crippen molar-refractivity contribution in [1.29, 1.82) is 0 Å². The molecule has 1 N–H and O–H groups in total. The number of aromatic nitrogens is 3. The molecule has 0 radical (unpaired) electrons. The Hall–Kier alpha value is -3.87. The molecule has 1 aliphatic rings. The maximum atomic E-state index is 13.4. The minimum atomic E-state index is -4.49. The van der Waals surface area contributed by atoms with Gasteiger partial charge in [-0.2, -0.15) is 31.8 Å². The molecule has 0 spiro atoms. The third-order valence-electron chi connectivity index (χ3n) is 6.08. The molecule has 1 aromatic carbocycles. The first-order valence-corrected chi connectivity index (χ1v) is 12.2. The maximum Gasteiger partial charge on any atom is 0.416 e. The van der Waals surface area contributed by atoms with Crippen LogP contribution >= 0.6 is 13.5 Å². The molecule has 1 aliphatic heterocycles. The molecular formula is C27H30F3N5O4S. The number of amides is 2. The van der Waals surface area contributed by atoms with Gasteiger partial charge in [0.25, 0.3) is 5.91 Å². The van der Waals surface area contributed by atoms with Crippen molar-refractivity contribution in [2.75, 3.05) is 16.8 Å². The predicted octanol–water partition coefficient (Wildman–Crippen LogP) is 5.71. The smallest absolute Gasteiger partial charge is 0.416 e. The second-order valence-corrected chi connectivity index (χ2v) is 10.4. The molecule has 0 unspecified atom stereocenters. The Morgan fingerprint density at radius 3 is 2.35 bits per heavy atom. The number of rotatable bonds is 5. The molecule has 0 bridgehead atoms. The first-order valence-electron chi connectivity index (χ1n) is 12.2. The number of carbonyl (C=O) groups is 3. The van der Waals surface area contributed by atoms with Gasteiger partial charge in [-0.15, -0.1) is 0 Å². The summed E-state index contributed by atoms with van der Waals surface area (Å²) in [6, 6.07) is 5.65. The number of aryl methyl sites for hydroxylation is 1. The summed E-state index contributed by atoms with van der Waals surface area (Å²) in [5, 5.41) is 6.82. The van der Waals surface area contributed by atoms with Gasteiger partial charge in [-0.05, 0) is 70.5 Å². The van der Waals surface area contributed by atoms with E-state index in [2.05, 4.69) is 15.4 Å². The van der Waals surface area contributed by atoms with E-state index < -0.39 is 29.3 Å². The summed E-state index contributed by atoms with van der Waals surface area (Å²) in [5.74, 6) is -0.552. The van der Waals surface area contributed by atoms with E-state index in [9.17, 15) is 27.6 Å². The summed E-state index contributed by atoms with van der Waals surface area (Å²) < 4.78 is 45.7. The van der Waals surface area contributed by atoms with Crippen LogP contribution in [0.3, 0.4) is 0 Å². The first-order chi connectivity index (χ1) is 18.1. The zero-order valence-corrected chi connectivity index (χ0v) is 23.6. The van der Waals surface area contributed by atoms with Gasteiger partial charge in [0.1, 0.15) is 17.1 Å². The molecule has 0 saturated carbocycles. The van der Waals surface area contributed by atoms with Gasteiger partial charge in [0.15, 0.2) is 5.78 Å². The molecule has 1 atom stereocenters. The average Bonchev–Trinajstić information content (AvgIpc) is 3.24. The lowest BCUT2D eigenvalue weighted by Gasteiger charge is -2.32. The first kappa shape index (κ1) is 30.7. The Kier molecular flexibility index (Phi) is 8.68. The highest BCUT2D eigenvalue weighted by atomic mass is 32.1. The molecule has 3 heterocycles. The fraction of sp³-hybridized carbons (Fsp3) is 0.370. The van der Waals surface area contributed by atoms with Gasteiger partial charge in [-0.1, -0.05) is 0 Å². The van der Waals surface area contributed by atoms with Crippen LogP contribution in [0.1, 0.15) is 71.3 Å². The van der Waals surface area contributed by atoms with Gasteiger partial charge in [0.2, 0.25) is 0 Å². The van der Waals surface area contributed by atoms with E-state index in [4.69, 9.17) is 4.74 Å². The number of ketones is 1. The normalized spacial score (nSPS) is 15.2. The number of pyridine rings is 1. The molecular weight excluding hydrogens is 547 g/mol. The number of nitrogens with one attached hydrogen (secondary N) is 1. The number of Topliss-reactive ketones (excluding diaryl/α,β-unsaturated/α-hetero) is 1. The van der Waals surface area contributed by atoms with E-state index in [1.165, 1.54) is 34.1 Å². The number of anilines is 2. The zero-order valence-electron chi connectivity index (χ0n) is 22.6. The van der Waals surface area contributed by atoms with Crippen molar-refractivity contribution in [3.8, 4) is 0 Å². The molecule has 0 fully saturated rings. The number of alkyl halides is 3. The van der Waals surface area contributed by atoms with Gasteiger partial charge < -0.3 is 9.64 Å². The largest absolute Gasteiger partial charge is 0.444 e. The highest BCUT2D eigenvalue weighted by Crippen LogP contribution is 2.33. The van der Waals surface area contributed by atoms with Crippen molar-refractivity contribution in [3.05, 3.63) is 70.7 Å². The van der Waals surface area contributed by atoms with Crippen molar-refractivity contribution in [3.63, 3.8) is 0 Å². The predicted molar refractivity (Wildman–Crippen MR) is 147 cm³/mol. The standard InChI is InChI=1S/C27H28F3N5O4.H2S/c1-15-10-22(33-25(38)39-26(3,4)5)31-13-20(15)21(36)11-17-12-32-35-16(2)14-34(24(37)23(17)35)19-8-6-18(7-9-19)27(28,29)30;/h6-10,12-13,16H,11,14H2,1-5H3,(H,31,33,38);1H2/t16-;/m0./s1. The van der Waals surface area contributed by atoms with Crippen LogP contribution in [0.15, 0.2) is 42.7 Å². The molecule has 2 amide bonds. The Morgan fingerprint density at radius 2 is 1.77 bits per heavy atom. The summed E-state index contributed by atoms with van der Waals surface area (Å²) in [4.78, 5) is 44.2. The number of hydrogen-bond acceptors (Lipinski definition) is 6. The summed E-state index contributed by atoms with van der Waals surface area (Å²) in [6.07, 6.45) is -2.50. The monoisotopic (exact) mass is 577 g/mol. The summed E-state index contributed by atoms with van der Waals surface area (Å²) in [7, 11) is 0. The van der Waals surface area contributed by atoms with Gasteiger partial charge in [0, 0.05) is 36.0 Å². The molecule has 40 heavy (non-hydrogen) atoms. The van der Waals surface area contributed by atoms with Crippen molar-refractivity contribution >= 4 is 42.8 Å². The number of benzene rings is 1. The lowest BCUT2D eigenvalue weighted by atomic mass is 10.00. The van der Waals surface area contributed by atoms with Gasteiger partial charge in [-0.25, -0.2) is 9.78 Å². The Bertz CT molecular complexity index is 1430. The number of fused-ring (bicyclic) bond motifs is 1. The van der Waals surface area contributed by atoms with Crippen LogP contribution in [0.5, 0.6) is 0 Å². The fourth-order valence-electron chi connectivity index (χ4n) is 4.29. The van der Waals surface area contributed by atoms with Crippen LogP contribution < -0.4 is 10.2 Å². The van der Waals surface area contributed by atoms with Crippen LogP contribution in [-0.4, -0.2) is 44.7 Å². The Labute approximate surface area is 236 Å². The Balaban J connectivity index is 0.00000441. The van der Waals surface area contributed by atoms with E-state index in [0.717, 1.165) is 12.1 Å². The van der Waals surface area contributed by atoms with Crippen LogP contribution in [0.2, 0.25) is 0 Å². The lowest BCUT2D eigenvalue weighted by molar-refractivity contribution is -0.137. The Morgan fingerprint density at radius 1 is 1.12 bits per heavy atom. The third kappa shape index (κ3) is 6.64. The van der Waals surface area contributed by atoms with E-state index in [1.807, 2.05) is 6.92 Å². The van der Waals surface area contributed by atoms with Crippen LogP contribution in [0.4, 0.5) is 29.5 Å². The highest BCUT2D eigenvalue weighted by Gasteiger charge is 2.35. The lowest BCUT2D eigenvalue weighted by Crippen LogP contribution is -2.43. The highest BCUT2D eigenvalue weighted by molar-refractivity contribution is 7.59. The van der Waals surface area contributed by atoms with E-state index in [-0.39, 0.29) is 49.8 Å². The van der Waals surface area contributed by atoms with Crippen molar-refractivity contribution in [2.45, 2.75) is 58.9 Å². The van der Waals surface area contributed by atoms with E-state index in [1.54, 1.807) is 33.8 Å². The molecule has 2 aromatic heterocycles. The minimum Gasteiger partial charge on any atom is -0.444 e. The fourth-order valence-corrected chi connectivity index (χ4v) is 4.29. The average molecular weight is 578 g/mol. The summed E-state index contributed by atoms with van der Waals surface area (Å²) in [6.45, 7) is 8.93. The van der Waals surface area contributed by atoms with E-state index >= 15 is 0 Å². The minimum absolute atomic E-state index is 0. The van der Waals surface area contributed by atoms with Crippen molar-refractivity contribution in [2.24, 2.45) is 0 Å². The summed E-state index contributed by atoms with van der Waals surface area (Å²) in [5.41, 5.74) is 0.291. The number of nitrogens with zero attached hydrogens (tertiary/aromatic N) is 4. The van der Waals surface area contributed by atoms with Crippen LogP contribution in [0, 0.1) is 6.92 Å². The molecule has 0 aliphatic carbocycles. The molecule has 4 rings (SSSR count). The molecule has 214 valence electrons. The molecule has 9 nitrogen and oxygen atoms in total. The SMILES string of the molecule is Cc1cc(NC(=O)OC(C)(C)C)ncc1C(=O)Cc1cnn2c1C(=O)N(c1ccc(C(F)(F)F)cc1)C[C@@H]2C.S. The summed E-state index contributed by atoms with van der Waals surface area (Å²) >= 11 is 0. The maximum absolute atomic E-state index is 13.4. The van der Waals surface area contributed by atoms with Crippen molar-refractivity contribution in [1.82, 2.24) is 14.8 Å². The second-order valence-electron chi connectivity index (χ2n) is 10.4. The van der Waals surface area contributed by atoms with Crippen molar-refractivity contribution < 1.29 is 32.3 Å². The van der Waals surface area contributed by atoms with Crippen LogP contribution in [0.25, 0.3) is 0 Å². The zero-order chi connectivity index (χ0) is 28.7. The van der Waals surface area contributed by atoms with Gasteiger partial charge in [-0.3, -0.25) is 19.6 Å². The third-order valence-corrected chi connectivity index (χ3v) is 6.08.